The molecule has 33 heavy (non-hydrogen) atoms. The molecule has 1 aliphatic rings. The van der Waals surface area contributed by atoms with Gasteiger partial charge >= 0.3 is 0 Å². The van der Waals surface area contributed by atoms with E-state index in [1.54, 1.807) is 0 Å². The van der Waals surface area contributed by atoms with Crippen LogP contribution in [0, 0.1) is 0 Å². The summed E-state index contributed by atoms with van der Waals surface area (Å²) < 4.78 is 17.3. The number of unbranched alkanes of at least 4 members (excludes halogenated alkanes) is 16. The molecule has 194 valence electrons. The van der Waals surface area contributed by atoms with Gasteiger partial charge in [-0.3, -0.25) is 0 Å². The van der Waals surface area contributed by atoms with Crippen molar-refractivity contribution in [3.63, 3.8) is 0 Å². The normalized spacial score (nSPS) is 19.2. The molecule has 0 spiro atoms. The van der Waals surface area contributed by atoms with Gasteiger partial charge in [0, 0.05) is 6.61 Å². The first kappa shape index (κ1) is 30.4. The van der Waals surface area contributed by atoms with Gasteiger partial charge in [0.2, 0.25) is 0 Å². The van der Waals surface area contributed by atoms with Crippen LogP contribution in [0.15, 0.2) is 23.8 Å². The Kier molecular flexibility index (Phi) is 21.3. The summed E-state index contributed by atoms with van der Waals surface area (Å²) in [5, 5.41) is 0. The van der Waals surface area contributed by atoms with Crippen LogP contribution in [0.2, 0.25) is 0 Å². The zero-order valence-electron chi connectivity index (χ0n) is 22.5. The van der Waals surface area contributed by atoms with Crippen molar-refractivity contribution in [1.82, 2.24) is 0 Å². The summed E-state index contributed by atoms with van der Waals surface area (Å²) in [6.07, 6.45) is 31.4. The highest BCUT2D eigenvalue weighted by Crippen LogP contribution is 2.18. The van der Waals surface area contributed by atoms with Crippen molar-refractivity contribution in [1.29, 1.82) is 0 Å². The second kappa shape index (κ2) is 23.1. The average molecular weight is 465 g/mol. The van der Waals surface area contributed by atoms with Gasteiger partial charge in [0.25, 0.3) is 0 Å². The molecular weight excluding hydrogens is 408 g/mol. The molecule has 1 aliphatic heterocycles. The van der Waals surface area contributed by atoms with Crippen molar-refractivity contribution in [2.24, 2.45) is 0 Å². The maximum Gasteiger partial charge on any atom is 0.180 e. The van der Waals surface area contributed by atoms with Crippen LogP contribution in [0.1, 0.15) is 136 Å². The Balaban J connectivity index is 1.72. The summed E-state index contributed by atoms with van der Waals surface area (Å²) in [7, 11) is 0. The Bertz CT molecular complexity index is 471. The van der Waals surface area contributed by atoms with Crippen LogP contribution >= 0.6 is 0 Å². The molecule has 0 N–H and O–H groups in total. The lowest BCUT2D eigenvalue weighted by atomic mass is 10.1. The fourth-order valence-electron chi connectivity index (χ4n) is 4.28. The molecule has 0 aromatic rings. The number of hydrogen-bond donors (Lipinski definition) is 0. The molecule has 1 heterocycles. The third kappa shape index (κ3) is 18.4. The minimum Gasteiger partial charge on any atom is -0.379 e. The van der Waals surface area contributed by atoms with Gasteiger partial charge in [-0.25, -0.2) is 0 Å². The van der Waals surface area contributed by atoms with Gasteiger partial charge in [-0.05, 0) is 51.5 Å². The van der Waals surface area contributed by atoms with E-state index in [-0.39, 0.29) is 12.4 Å². The Hall–Kier alpha value is -0.640. The molecule has 0 amide bonds. The molecule has 1 saturated heterocycles. The van der Waals surface area contributed by atoms with Crippen LogP contribution in [0.4, 0.5) is 0 Å². The maximum absolute atomic E-state index is 5.84. The number of ether oxygens (including phenoxy) is 3. The lowest BCUT2D eigenvalue weighted by Gasteiger charge is -2.12. The van der Waals surface area contributed by atoms with Crippen molar-refractivity contribution >= 4 is 0 Å². The second-order valence-corrected chi connectivity index (χ2v) is 9.88. The predicted molar refractivity (Wildman–Crippen MR) is 143 cm³/mol. The second-order valence-electron chi connectivity index (χ2n) is 9.88. The monoisotopic (exact) mass is 464 g/mol. The van der Waals surface area contributed by atoms with Gasteiger partial charge in [-0.2, -0.15) is 0 Å². The fourth-order valence-corrected chi connectivity index (χ4v) is 4.28. The predicted octanol–water partition coefficient (Wildman–Crippen LogP) is 9.31. The van der Waals surface area contributed by atoms with E-state index in [0.29, 0.717) is 13.2 Å². The molecule has 0 bridgehead atoms. The molecule has 0 aromatic heterocycles. The molecule has 0 radical (unpaired) electrons. The van der Waals surface area contributed by atoms with E-state index in [9.17, 15) is 0 Å². The molecule has 0 aromatic carbocycles. The number of hydrogen-bond acceptors (Lipinski definition) is 3. The van der Waals surface area contributed by atoms with E-state index in [0.717, 1.165) is 18.6 Å². The van der Waals surface area contributed by atoms with Crippen molar-refractivity contribution in [2.45, 2.75) is 149 Å². The Morgan fingerprint density at radius 1 is 0.758 bits per heavy atom. The van der Waals surface area contributed by atoms with Crippen LogP contribution in [-0.4, -0.2) is 32.2 Å². The summed E-state index contributed by atoms with van der Waals surface area (Å²) in [5.41, 5.74) is 1.14. The van der Waals surface area contributed by atoms with Crippen LogP contribution in [-0.2, 0) is 14.2 Å². The van der Waals surface area contributed by atoms with E-state index in [4.69, 9.17) is 14.2 Å². The first-order valence-electron chi connectivity index (χ1n) is 14.4. The minimum absolute atomic E-state index is 0.0889. The van der Waals surface area contributed by atoms with E-state index in [1.807, 2.05) is 19.9 Å². The summed E-state index contributed by atoms with van der Waals surface area (Å²) in [6, 6.07) is 0. The SMILES string of the molecule is C/C=C(\C)C1OCC(COCCCCCCCCCCCC/C=C\CCCCCCCC)O1. The highest BCUT2D eigenvalue weighted by Gasteiger charge is 2.26. The molecule has 0 aliphatic carbocycles. The zero-order chi connectivity index (χ0) is 23.8. The zero-order valence-corrected chi connectivity index (χ0v) is 22.5. The third-order valence-electron chi connectivity index (χ3n) is 6.68. The summed E-state index contributed by atoms with van der Waals surface area (Å²) >= 11 is 0. The highest BCUT2D eigenvalue weighted by molar-refractivity contribution is 5.01. The molecule has 1 rings (SSSR count). The highest BCUT2D eigenvalue weighted by atomic mass is 16.7. The Morgan fingerprint density at radius 2 is 1.27 bits per heavy atom. The number of rotatable bonds is 23. The molecule has 3 nitrogen and oxygen atoms in total. The maximum atomic E-state index is 5.84. The first-order valence-corrected chi connectivity index (χ1v) is 14.4. The summed E-state index contributed by atoms with van der Waals surface area (Å²) in [5.74, 6) is 0. The van der Waals surface area contributed by atoms with Gasteiger partial charge < -0.3 is 14.2 Å². The molecular formula is C30H56O3. The van der Waals surface area contributed by atoms with Gasteiger partial charge in [0.05, 0.1) is 13.2 Å². The topological polar surface area (TPSA) is 27.7 Å². The third-order valence-corrected chi connectivity index (χ3v) is 6.68. The van der Waals surface area contributed by atoms with Gasteiger partial charge in [0.1, 0.15) is 6.10 Å². The van der Waals surface area contributed by atoms with E-state index in [1.165, 1.54) is 109 Å². The van der Waals surface area contributed by atoms with Crippen LogP contribution in [0.25, 0.3) is 0 Å². The quantitative estimate of drug-likeness (QED) is 0.111. The van der Waals surface area contributed by atoms with Crippen molar-refractivity contribution in [2.75, 3.05) is 19.8 Å². The standard InChI is InChI=1S/C30H56O3/c1-4-6-7-8-9-10-11-12-13-14-15-16-17-18-19-20-21-22-23-24-25-31-26-29-27-32-30(33-29)28(3)5-2/h5,12-13,29-30H,4,6-11,14-27H2,1-3H3/b13-12-,28-5+. The van der Waals surface area contributed by atoms with E-state index in [2.05, 4.69) is 19.1 Å². The van der Waals surface area contributed by atoms with E-state index < -0.39 is 0 Å². The van der Waals surface area contributed by atoms with Gasteiger partial charge in [-0.15, -0.1) is 0 Å². The van der Waals surface area contributed by atoms with Crippen LogP contribution in [0.3, 0.4) is 0 Å². The first-order chi connectivity index (χ1) is 16.3. The lowest BCUT2D eigenvalue weighted by Crippen LogP contribution is -2.19. The van der Waals surface area contributed by atoms with Crippen LogP contribution < -0.4 is 0 Å². The molecule has 3 heteroatoms. The van der Waals surface area contributed by atoms with Crippen molar-refractivity contribution in [3.8, 4) is 0 Å². The van der Waals surface area contributed by atoms with Crippen molar-refractivity contribution < 1.29 is 14.2 Å². The van der Waals surface area contributed by atoms with Gasteiger partial charge in [-0.1, -0.05) is 109 Å². The van der Waals surface area contributed by atoms with Crippen LogP contribution in [0.5, 0.6) is 0 Å². The minimum atomic E-state index is -0.167. The largest absolute Gasteiger partial charge is 0.379 e. The smallest absolute Gasteiger partial charge is 0.180 e. The van der Waals surface area contributed by atoms with Gasteiger partial charge in [0.15, 0.2) is 6.29 Å². The van der Waals surface area contributed by atoms with Crippen molar-refractivity contribution in [3.05, 3.63) is 23.8 Å². The number of allylic oxidation sites excluding steroid dienone is 3. The average Bonchev–Trinajstić information content (AvgIpc) is 3.31. The molecule has 1 fully saturated rings. The Morgan fingerprint density at radius 3 is 1.82 bits per heavy atom. The molecule has 2 unspecified atom stereocenters. The summed E-state index contributed by atoms with van der Waals surface area (Å²) in [4.78, 5) is 0. The Labute approximate surface area is 206 Å². The van der Waals surface area contributed by atoms with E-state index >= 15 is 0 Å². The lowest BCUT2D eigenvalue weighted by molar-refractivity contribution is -0.0471. The molecule has 2 atom stereocenters. The summed E-state index contributed by atoms with van der Waals surface area (Å²) in [6.45, 7) is 8.50. The molecule has 0 saturated carbocycles. The fraction of sp³-hybridized carbons (Fsp3) is 0.867.